The van der Waals surface area contributed by atoms with Crippen LogP contribution in [0.2, 0.25) is 0 Å². The van der Waals surface area contributed by atoms with E-state index in [-0.39, 0.29) is 5.91 Å². The van der Waals surface area contributed by atoms with Crippen LogP contribution < -0.4 is 5.32 Å². The molecule has 2 aromatic carbocycles. The first-order valence-electron chi connectivity index (χ1n) is 9.31. The lowest BCUT2D eigenvalue weighted by molar-refractivity contribution is 0.102. The summed E-state index contributed by atoms with van der Waals surface area (Å²) in [6, 6.07) is 19.5. The van der Waals surface area contributed by atoms with Gasteiger partial charge in [-0.15, -0.1) is 0 Å². The minimum atomic E-state index is -0.245. The van der Waals surface area contributed by atoms with Gasteiger partial charge in [0.05, 0.1) is 16.8 Å². The third-order valence-electron chi connectivity index (χ3n) is 4.53. The number of benzene rings is 2. The number of para-hydroxylation sites is 1. The van der Waals surface area contributed by atoms with Crippen LogP contribution in [0.4, 0.5) is 5.82 Å². The Bertz CT molecular complexity index is 1100. The van der Waals surface area contributed by atoms with Crippen LogP contribution in [0.25, 0.3) is 22.2 Å². The fourth-order valence-corrected chi connectivity index (χ4v) is 3.25. The minimum Gasteiger partial charge on any atom is -0.363 e. The van der Waals surface area contributed by atoms with Crippen LogP contribution in [-0.4, -0.2) is 16.0 Å². The number of anilines is 1. The van der Waals surface area contributed by atoms with Crippen LogP contribution in [0.1, 0.15) is 29.8 Å². The van der Waals surface area contributed by atoms with Gasteiger partial charge in [0.15, 0.2) is 5.82 Å². The molecule has 0 aliphatic carbocycles. The van der Waals surface area contributed by atoms with Gasteiger partial charge in [-0.25, -0.2) is 4.98 Å². The maximum Gasteiger partial charge on any atom is 0.257 e. The summed E-state index contributed by atoms with van der Waals surface area (Å²) in [5.41, 5.74) is 4.36. The lowest BCUT2D eigenvalue weighted by Gasteiger charge is -2.10. The zero-order valence-electron chi connectivity index (χ0n) is 15.8. The molecule has 4 aromatic rings. The predicted molar refractivity (Wildman–Crippen MR) is 110 cm³/mol. The molecule has 0 saturated heterocycles. The molecule has 0 aliphatic rings. The van der Waals surface area contributed by atoms with E-state index in [9.17, 15) is 4.79 Å². The smallest absolute Gasteiger partial charge is 0.257 e. The van der Waals surface area contributed by atoms with Crippen molar-refractivity contribution in [2.24, 2.45) is 5.92 Å². The van der Waals surface area contributed by atoms with Gasteiger partial charge in [-0.2, -0.15) is 0 Å². The van der Waals surface area contributed by atoms with Crippen LogP contribution in [0.5, 0.6) is 0 Å². The molecule has 0 saturated carbocycles. The number of nitrogens with one attached hydrogen (secondary N) is 1. The first-order chi connectivity index (χ1) is 13.6. The third kappa shape index (κ3) is 3.78. The maximum absolute atomic E-state index is 12.9. The van der Waals surface area contributed by atoms with Crippen molar-refractivity contribution in [1.82, 2.24) is 10.1 Å². The number of amides is 1. The highest BCUT2D eigenvalue weighted by atomic mass is 16.5. The number of carbonyl (C=O) groups excluding carboxylic acids is 1. The molecule has 0 spiro atoms. The quantitative estimate of drug-likeness (QED) is 0.514. The average Bonchev–Trinajstić information content (AvgIpc) is 3.20. The van der Waals surface area contributed by atoms with Crippen molar-refractivity contribution in [3.63, 3.8) is 0 Å². The summed E-state index contributed by atoms with van der Waals surface area (Å²) in [5, 5.41) is 7.32. The second-order valence-corrected chi connectivity index (χ2v) is 7.21. The van der Waals surface area contributed by atoms with Gasteiger partial charge in [0.1, 0.15) is 6.26 Å². The Morgan fingerprint density at radius 2 is 1.86 bits per heavy atom. The highest BCUT2D eigenvalue weighted by Crippen LogP contribution is 2.26. The Morgan fingerprint density at radius 3 is 2.57 bits per heavy atom. The highest BCUT2D eigenvalue weighted by Gasteiger charge is 2.15. The molecule has 5 nitrogen and oxygen atoms in total. The van der Waals surface area contributed by atoms with E-state index in [1.54, 1.807) is 6.07 Å². The number of nitrogens with zero attached hydrogens (tertiary/aromatic N) is 2. The number of hydrogen-bond donors (Lipinski definition) is 1. The zero-order valence-corrected chi connectivity index (χ0v) is 15.8. The van der Waals surface area contributed by atoms with Crippen LogP contribution in [0, 0.1) is 5.92 Å². The van der Waals surface area contributed by atoms with Gasteiger partial charge in [-0.1, -0.05) is 61.5 Å². The minimum absolute atomic E-state index is 0.245. The molecule has 1 N–H and O–H groups in total. The van der Waals surface area contributed by atoms with Crippen LogP contribution in [0.3, 0.4) is 0 Å². The molecule has 0 aliphatic heterocycles. The molecule has 0 radical (unpaired) electrons. The number of hydrogen-bond acceptors (Lipinski definition) is 4. The summed E-state index contributed by atoms with van der Waals surface area (Å²) in [6.07, 6.45) is 2.46. The van der Waals surface area contributed by atoms with Gasteiger partial charge in [-0.05, 0) is 30.0 Å². The standard InChI is InChI=1S/C23H21N3O2/c1-15(2)13-16-7-9-17(10-8-16)21-14-19(18-5-3-4-6-20(18)24-21)23(27)25-22-11-12-28-26-22/h3-12,14-15H,13H2,1-2H3,(H,25,26,27). The molecule has 1 amide bonds. The second kappa shape index (κ2) is 7.64. The number of rotatable bonds is 5. The maximum atomic E-state index is 12.9. The van der Waals surface area contributed by atoms with Gasteiger partial charge < -0.3 is 9.84 Å². The van der Waals surface area contributed by atoms with E-state index in [0.29, 0.717) is 17.3 Å². The third-order valence-corrected chi connectivity index (χ3v) is 4.53. The summed E-state index contributed by atoms with van der Waals surface area (Å²) in [4.78, 5) is 17.6. The summed E-state index contributed by atoms with van der Waals surface area (Å²) >= 11 is 0. The molecular weight excluding hydrogens is 350 g/mol. The fraction of sp³-hybridized carbons (Fsp3) is 0.174. The Morgan fingerprint density at radius 1 is 1.07 bits per heavy atom. The first kappa shape index (κ1) is 17.9. The molecular formula is C23H21N3O2. The molecule has 0 atom stereocenters. The first-order valence-corrected chi connectivity index (χ1v) is 9.31. The second-order valence-electron chi connectivity index (χ2n) is 7.21. The Labute approximate surface area is 163 Å². The molecule has 4 rings (SSSR count). The molecule has 0 fully saturated rings. The average molecular weight is 371 g/mol. The lowest BCUT2D eigenvalue weighted by atomic mass is 9.99. The van der Waals surface area contributed by atoms with E-state index in [1.807, 2.05) is 30.3 Å². The molecule has 2 heterocycles. The largest absolute Gasteiger partial charge is 0.363 e. The molecule has 28 heavy (non-hydrogen) atoms. The summed E-state index contributed by atoms with van der Waals surface area (Å²) < 4.78 is 4.79. The Kier molecular flexibility index (Phi) is 4.89. The van der Waals surface area contributed by atoms with Gasteiger partial charge in [0.25, 0.3) is 5.91 Å². The van der Waals surface area contributed by atoms with Crippen molar-refractivity contribution >= 4 is 22.6 Å². The number of fused-ring (bicyclic) bond motifs is 1. The zero-order chi connectivity index (χ0) is 19.5. The Balaban J connectivity index is 1.74. The summed E-state index contributed by atoms with van der Waals surface area (Å²) in [5.74, 6) is 0.743. The summed E-state index contributed by atoms with van der Waals surface area (Å²) in [7, 11) is 0. The van der Waals surface area contributed by atoms with E-state index in [2.05, 4.69) is 48.6 Å². The SMILES string of the molecule is CC(C)Cc1ccc(-c2cc(C(=O)Nc3ccon3)c3ccccc3n2)cc1. The van der Waals surface area contributed by atoms with Crippen LogP contribution in [0.15, 0.2) is 71.4 Å². The molecule has 2 aromatic heterocycles. The Hall–Kier alpha value is -3.47. The normalized spacial score (nSPS) is 11.1. The summed E-state index contributed by atoms with van der Waals surface area (Å²) in [6.45, 7) is 4.41. The molecule has 0 unspecified atom stereocenters. The molecule has 5 heteroatoms. The molecule has 140 valence electrons. The monoisotopic (exact) mass is 371 g/mol. The van der Waals surface area contributed by atoms with E-state index in [1.165, 1.54) is 11.8 Å². The fourth-order valence-electron chi connectivity index (χ4n) is 3.25. The van der Waals surface area contributed by atoms with E-state index < -0.39 is 0 Å². The predicted octanol–water partition coefficient (Wildman–Crippen LogP) is 5.34. The highest BCUT2D eigenvalue weighted by molar-refractivity contribution is 6.12. The molecule has 0 bridgehead atoms. The van der Waals surface area contributed by atoms with Crippen molar-refractivity contribution in [2.45, 2.75) is 20.3 Å². The van der Waals surface area contributed by atoms with Crippen LogP contribution in [-0.2, 0) is 6.42 Å². The van der Waals surface area contributed by atoms with Crippen molar-refractivity contribution in [3.05, 3.63) is 78.1 Å². The van der Waals surface area contributed by atoms with Gasteiger partial charge in [0, 0.05) is 17.0 Å². The topological polar surface area (TPSA) is 68.0 Å². The van der Waals surface area contributed by atoms with Crippen molar-refractivity contribution in [2.75, 3.05) is 5.32 Å². The van der Waals surface area contributed by atoms with Gasteiger partial charge >= 0.3 is 0 Å². The van der Waals surface area contributed by atoms with Crippen molar-refractivity contribution < 1.29 is 9.32 Å². The van der Waals surface area contributed by atoms with Crippen molar-refractivity contribution in [3.8, 4) is 11.3 Å². The van der Waals surface area contributed by atoms with E-state index >= 15 is 0 Å². The van der Waals surface area contributed by atoms with Gasteiger partial charge in [0.2, 0.25) is 0 Å². The number of aromatic nitrogens is 2. The van der Waals surface area contributed by atoms with Gasteiger partial charge in [-0.3, -0.25) is 4.79 Å². The van der Waals surface area contributed by atoms with Crippen molar-refractivity contribution in [1.29, 1.82) is 0 Å². The van der Waals surface area contributed by atoms with E-state index in [4.69, 9.17) is 9.51 Å². The number of pyridine rings is 1. The van der Waals surface area contributed by atoms with E-state index in [0.717, 1.165) is 28.6 Å². The van der Waals surface area contributed by atoms with Crippen LogP contribution >= 0.6 is 0 Å². The lowest BCUT2D eigenvalue weighted by Crippen LogP contribution is -2.13. The number of carbonyl (C=O) groups is 1.